The lowest BCUT2D eigenvalue weighted by Crippen LogP contribution is -2.41. The third-order valence-corrected chi connectivity index (χ3v) is 6.11. The van der Waals surface area contributed by atoms with Gasteiger partial charge >= 0.3 is 12.1 Å². The number of carboxylic acid groups (broad SMARTS) is 1. The number of carboxylic acids is 1. The number of ether oxygens (including phenoxy) is 1. The zero-order chi connectivity index (χ0) is 26.5. The molecule has 3 rings (SSSR count). The van der Waals surface area contributed by atoms with E-state index in [4.69, 9.17) is 4.74 Å². The summed E-state index contributed by atoms with van der Waals surface area (Å²) in [5.41, 5.74) is 2.44. The topological polar surface area (TPSA) is 113 Å². The van der Waals surface area contributed by atoms with E-state index in [-0.39, 0.29) is 18.6 Å². The van der Waals surface area contributed by atoms with E-state index in [0.29, 0.717) is 49.4 Å². The summed E-state index contributed by atoms with van der Waals surface area (Å²) in [5, 5.41) is 9.37. The molecule has 0 aliphatic carbocycles. The number of likely N-dealkylation sites (tertiary alicyclic amines) is 1. The van der Waals surface area contributed by atoms with E-state index in [1.165, 1.54) is 11.1 Å². The van der Waals surface area contributed by atoms with Crippen LogP contribution in [0.2, 0.25) is 0 Å². The van der Waals surface area contributed by atoms with E-state index in [2.05, 4.69) is 9.97 Å². The summed E-state index contributed by atoms with van der Waals surface area (Å²) < 4.78 is 5.45. The van der Waals surface area contributed by atoms with E-state index < -0.39 is 24.0 Å². The van der Waals surface area contributed by atoms with Crippen LogP contribution in [0.3, 0.4) is 0 Å². The average molecular weight is 497 g/mol. The van der Waals surface area contributed by atoms with Crippen molar-refractivity contribution in [3.63, 3.8) is 0 Å². The maximum Gasteiger partial charge on any atom is 0.410 e. The molecule has 0 saturated carbocycles. The van der Waals surface area contributed by atoms with Gasteiger partial charge in [-0.15, -0.1) is 0 Å². The summed E-state index contributed by atoms with van der Waals surface area (Å²) in [6, 6.07) is 7.93. The molecule has 194 valence electrons. The van der Waals surface area contributed by atoms with Crippen LogP contribution in [0.4, 0.5) is 4.79 Å². The van der Waals surface area contributed by atoms with Gasteiger partial charge in [0.15, 0.2) is 0 Å². The zero-order valence-corrected chi connectivity index (χ0v) is 21.8. The van der Waals surface area contributed by atoms with Gasteiger partial charge in [0.25, 0.3) is 5.91 Å². The second-order valence-corrected chi connectivity index (χ2v) is 10.3. The van der Waals surface area contributed by atoms with Crippen molar-refractivity contribution < 1.29 is 24.2 Å². The van der Waals surface area contributed by atoms with Gasteiger partial charge < -0.3 is 19.6 Å². The highest BCUT2D eigenvalue weighted by molar-refractivity contribution is 5.96. The van der Waals surface area contributed by atoms with E-state index in [9.17, 15) is 19.5 Å². The predicted octanol–water partition coefficient (Wildman–Crippen LogP) is 3.98. The summed E-state index contributed by atoms with van der Waals surface area (Å²) in [4.78, 5) is 49.1. The molecule has 0 spiro atoms. The molecule has 0 radical (unpaired) electrons. The summed E-state index contributed by atoms with van der Waals surface area (Å²) in [6.07, 6.45) is 3.14. The first-order valence-electron chi connectivity index (χ1n) is 12.3. The van der Waals surface area contributed by atoms with Crippen LogP contribution in [0.5, 0.6) is 0 Å². The Morgan fingerprint density at radius 3 is 2.44 bits per heavy atom. The molecule has 1 saturated heterocycles. The number of carbonyl (C=O) groups is 3. The summed E-state index contributed by atoms with van der Waals surface area (Å²) >= 11 is 0. The highest BCUT2D eigenvalue weighted by Gasteiger charge is 2.29. The number of aryl methyl sites for hydroxylation is 2. The predicted molar refractivity (Wildman–Crippen MR) is 135 cm³/mol. The monoisotopic (exact) mass is 496 g/mol. The Bertz CT molecular complexity index is 1100. The van der Waals surface area contributed by atoms with Gasteiger partial charge in [0.2, 0.25) is 0 Å². The highest BCUT2D eigenvalue weighted by atomic mass is 16.6. The molecule has 0 unspecified atom stereocenters. The lowest BCUT2D eigenvalue weighted by atomic mass is 9.96. The first kappa shape index (κ1) is 27.1. The van der Waals surface area contributed by atoms with Crippen molar-refractivity contribution >= 4 is 18.0 Å². The molecule has 2 amide bonds. The SMILES string of the molecule is Cc1cccc(CCN(CC(=O)O)C(=O)c2cnc(C3CCN(C(=O)OC(C)(C)C)CC3)nc2C)c1. The van der Waals surface area contributed by atoms with E-state index in [0.717, 1.165) is 11.1 Å². The lowest BCUT2D eigenvalue weighted by Gasteiger charge is -2.33. The number of nitrogens with zero attached hydrogens (tertiary/aromatic N) is 4. The molecule has 1 aliphatic heterocycles. The fraction of sp³-hybridized carbons (Fsp3) is 0.519. The second kappa shape index (κ2) is 11.5. The number of rotatable bonds is 7. The first-order valence-corrected chi connectivity index (χ1v) is 12.3. The molecule has 2 heterocycles. The van der Waals surface area contributed by atoms with E-state index in [1.54, 1.807) is 11.8 Å². The number of aliphatic carboxylic acids is 1. The maximum absolute atomic E-state index is 13.2. The smallest absolute Gasteiger partial charge is 0.410 e. The summed E-state index contributed by atoms with van der Waals surface area (Å²) in [5.74, 6) is -0.756. The van der Waals surface area contributed by atoms with Gasteiger partial charge in [0.1, 0.15) is 18.0 Å². The van der Waals surface area contributed by atoms with Gasteiger partial charge in [-0.05, 0) is 59.4 Å². The van der Waals surface area contributed by atoms with Crippen molar-refractivity contribution in [2.24, 2.45) is 0 Å². The minimum absolute atomic E-state index is 0.0722. The first-order chi connectivity index (χ1) is 16.9. The largest absolute Gasteiger partial charge is 0.480 e. The van der Waals surface area contributed by atoms with Gasteiger partial charge in [-0.25, -0.2) is 14.8 Å². The Hall–Kier alpha value is -3.49. The molecule has 36 heavy (non-hydrogen) atoms. The van der Waals surface area contributed by atoms with Crippen molar-refractivity contribution in [1.82, 2.24) is 19.8 Å². The quantitative estimate of drug-likeness (QED) is 0.617. The molecule has 0 atom stereocenters. The van der Waals surface area contributed by atoms with Gasteiger partial charge in [-0.2, -0.15) is 0 Å². The van der Waals surface area contributed by atoms with Crippen LogP contribution < -0.4 is 0 Å². The molecule has 1 aromatic heterocycles. The second-order valence-electron chi connectivity index (χ2n) is 10.3. The number of hydrogen-bond acceptors (Lipinski definition) is 6. The number of amides is 2. The average Bonchev–Trinajstić information content (AvgIpc) is 2.80. The highest BCUT2D eigenvalue weighted by Crippen LogP contribution is 2.27. The van der Waals surface area contributed by atoms with Crippen LogP contribution in [-0.4, -0.2) is 74.6 Å². The van der Waals surface area contributed by atoms with Crippen molar-refractivity contribution in [1.29, 1.82) is 0 Å². The summed E-state index contributed by atoms with van der Waals surface area (Å²) in [6.45, 7) is 10.3. The minimum Gasteiger partial charge on any atom is -0.480 e. The van der Waals surface area contributed by atoms with Gasteiger partial charge in [0, 0.05) is 31.7 Å². The van der Waals surface area contributed by atoms with Crippen LogP contribution in [-0.2, 0) is 16.0 Å². The molecule has 1 aliphatic rings. The van der Waals surface area contributed by atoms with Gasteiger partial charge in [0.05, 0.1) is 11.3 Å². The third kappa shape index (κ3) is 7.50. The number of aromatic nitrogens is 2. The van der Waals surface area contributed by atoms with Crippen molar-refractivity contribution in [3.05, 3.63) is 58.7 Å². The molecular weight excluding hydrogens is 460 g/mol. The Labute approximate surface area is 212 Å². The van der Waals surface area contributed by atoms with Gasteiger partial charge in [-0.3, -0.25) is 9.59 Å². The Balaban J connectivity index is 1.66. The van der Waals surface area contributed by atoms with Crippen molar-refractivity contribution in [2.45, 2.75) is 65.4 Å². The standard InChI is InChI=1S/C27H36N4O5/c1-18-7-6-8-20(15-18)9-12-31(17-23(32)33)25(34)22-16-28-24(29-19(22)2)21-10-13-30(14-11-21)26(35)36-27(3,4)5/h6-8,15-16,21H,9-14,17H2,1-5H3,(H,32,33). The fourth-order valence-corrected chi connectivity index (χ4v) is 4.26. The van der Waals surface area contributed by atoms with Crippen LogP contribution in [0.1, 0.15) is 72.5 Å². The molecule has 9 heteroatoms. The third-order valence-electron chi connectivity index (χ3n) is 6.11. The maximum atomic E-state index is 13.2. The fourth-order valence-electron chi connectivity index (χ4n) is 4.26. The zero-order valence-electron chi connectivity index (χ0n) is 21.8. The molecular formula is C27H36N4O5. The number of piperidine rings is 1. The van der Waals surface area contributed by atoms with Crippen LogP contribution in [0.15, 0.2) is 30.5 Å². The van der Waals surface area contributed by atoms with E-state index in [1.807, 2.05) is 52.0 Å². The Morgan fingerprint density at radius 2 is 1.86 bits per heavy atom. The summed E-state index contributed by atoms with van der Waals surface area (Å²) in [7, 11) is 0. The molecule has 1 aromatic carbocycles. The minimum atomic E-state index is -1.07. The Morgan fingerprint density at radius 1 is 1.17 bits per heavy atom. The van der Waals surface area contributed by atoms with Crippen LogP contribution in [0.25, 0.3) is 0 Å². The molecule has 2 aromatic rings. The molecule has 9 nitrogen and oxygen atoms in total. The number of carbonyl (C=O) groups excluding carboxylic acids is 2. The molecule has 1 N–H and O–H groups in total. The molecule has 1 fully saturated rings. The van der Waals surface area contributed by atoms with Gasteiger partial charge in [-0.1, -0.05) is 29.8 Å². The van der Waals surface area contributed by atoms with Crippen LogP contribution >= 0.6 is 0 Å². The van der Waals surface area contributed by atoms with Crippen LogP contribution in [0, 0.1) is 13.8 Å². The number of benzene rings is 1. The van der Waals surface area contributed by atoms with Crippen molar-refractivity contribution in [2.75, 3.05) is 26.2 Å². The lowest BCUT2D eigenvalue weighted by molar-refractivity contribution is -0.137. The Kier molecular flexibility index (Phi) is 8.66. The number of hydrogen-bond donors (Lipinski definition) is 1. The van der Waals surface area contributed by atoms with E-state index >= 15 is 0 Å². The normalized spacial score (nSPS) is 14.4. The van der Waals surface area contributed by atoms with Crippen molar-refractivity contribution in [3.8, 4) is 0 Å². The molecule has 0 bridgehead atoms.